The van der Waals surface area contributed by atoms with Gasteiger partial charge in [-0.25, -0.2) is 0 Å². The molecule has 0 saturated heterocycles. The molecule has 1 N–H and O–H groups in total. The van der Waals surface area contributed by atoms with Crippen molar-refractivity contribution in [3.8, 4) is 11.6 Å². The van der Waals surface area contributed by atoms with E-state index in [-0.39, 0.29) is 18.2 Å². The fourth-order valence-electron chi connectivity index (χ4n) is 3.31. The zero-order valence-electron chi connectivity index (χ0n) is 20.0. The van der Waals surface area contributed by atoms with Crippen LogP contribution in [0.4, 0.5) is 5.69 Å². The first-order valence-corrected chi connectivity index (χ1v) is 12.3. The lowest BCUT2D eigenvalue weighted by molar-refractivity contribution is -0.150. The lowest BCUT2D eigenvalue weighted by Crippen LogP contribution is -2.41. The Balaban J connectivity index is 1.49. The lowest BCUT2D eigenvalue weighted by Gasteiger charge is -2.21. The Morgan fingerprint density at radius 2 is 1.94 bits per heavy atom. The molecule has 0 saturated carbocycles. The summed E-state index contributed by atoms with van der Waals surface area (Å²) in [6, 6.07) is 11.0. The minimum absolute atomic E-state index is 0.0366. The van der Waals surface area contributed by atoms with Crippen LogP contribution in [-0.4, -0.2) is 62.9 Å². The van der Waals surface area contributed by atoms with Gasteiger partial charge in [0.1, 0.15) is 0 Å². The Bertz CT molecular complexity index is 1150. The van der Waals surface area contributed by atoms with Crippen LogP contribution in [0.25, 0.3) is 11.6 Å². The highest BCUT2D eigenvalue weighted by molar-refractivity contribution is 7.99. The lowest BCUT2D eigenvalue weighted by atomic mass is 10.2. The second-order valence-electron chi connectivity index (χ2n) is 7.66. The summed E-state index contributed by atoms with van der Waals surface area (Å²) < 4.78 is 12.4. The van der Waals surface area contributed by atoms with E-state index in [2.05, 4.69) is 15.5 Å². The van der Waals surface area contributed by atoms with E-state index in [4.69, 9.17) is 9.15 Å². The van der Waals surface area contributed by atoms with Gasteiger partial charge >= 0.3 is 5.97 Å². The predicted molar refractivity (Wildman–Crippen MR) is 132 cm³/mol. The molecule has 1 aromatic carbocycles. The van der Waals surface area contributed by atoms with Crippen molar-refractivity contribution in [3.63, 3.8) is 0 Å². The Morgan fingerprint density at radius 1 is 1.14 bits per heavy atom. The number of amides is 2. The summed E-state index contributed by atoms with van der Waals surface area (Å²) in [5.41, 5.74) is 1.62. The van der Waals surface area contributed by atoms with Crippen molar-refractivity contribution in [3.05, 3.63) is 48.2 Å². The number of aromatic nitrogens is 3. The van der Waals surface area contributed by atoms with Crippen molar-refractivity contribution in [2.24, 2.45) is 0 Å². The van der Waals surface area contributed by atoms with Gasteiger partial charge in [-0.1, -0.05) is 36.9 Å². The third kappa shape index (κ3) is 7.19. The minimum Gasteiger partial charge on any atom is -0.461 e. The summed E-state index contributed by atoms with van der Waals surface area (Å²) >= 11 is 1.17. The first kappa shape index (κ1) is 26.0. The number of hydrogen-bond donors (Lipinski definition) is 1. The van der Waals surface area contributed by atoms with Crippen LogP contribution in [0.3, 0.4) is 0 Å². The van der Waals surface area contributed by atoms with Crippen molar-refractivity contribution in [2.45, 2.75) is 38.9 Å². The van der Waals surface area contributed by atoms with Crippen molar-refractivity contribution in [2.75, 3.05) is 30.8 Å². The summed E-state index contributed by atoms with van der Waals surface area (Å²) in [5.74, 6) is -0.180. The van der Waals surface area contributed by atoms with Gasteiger partial charge in [-0.15, -0.1) is 10.2 Å². The molecule has 2 heterocycles. The molecule has 2 amide bonds. The maximum atomic E-state index is 12.6. The molecule has 0 radical (unpaired) electrons. The smallest absolute Gasteiger partial charge is 0.316 e. The van der Waals surface area contributed by atoms with E-state index >= 15 is 0 Å². The van der Waals surface area contributed by atoms with Crippen LogP contribution in [-0.2, 0) is 25.7 Å². The number of nitrogens with one attached hydrogen (secondary N) is 1. The summed E-state index contributed by atoms with van der Waals surface area (Å²) in [7, 11) is 0. The predicted octanol–water partition coefficient (Wildman–Crippen LogP) is 3.38. The van der Waals surface area contributed by atoms with Gasteiger partial charge in [-0.3, -0.25) is 19.0 Å². The first-order valence-electron chi connectivity index (χ1n) is 11.3. The Hall–Kier alpha value is -3.60. The molecule has 0 spiro atoms. The van der Waals surface area contributed by atoms with Crippen LogP contribution >= 0.6 is 11.8 Å². The molecular weight excluding hydrogens is 470 g/mol. The topological polar surface area (TPSA) is 120 Å². The quantitative estimate of drug-likeness (QED) is 0.298. The fraction of sp³-hybridized carbons (Fsp3) is 0.375. The number of carbonyl (C=O) groups is 3. The summed E-state index contributed by atoms with van der Waals surface area (Å²) in [6.07, 6.45) is 2.22. The number of hydrogen-bond acceptors (Lipinski definition) is 8. The van der Waals surface area contributed by atoms with Crippen molar-refractivity contribution in [1.82, 2.24) is 19.7 Å². The summed E-state index contributed by atoms with van der Waals surface area (Å²) in [5, 5.41) is 11.6. The van der Waals surface area contributed by atoms with Crippen LogP contribution in [0.15, 0.2) is 52.2 Å². The standard InChI is InChI=1S/C24H29N5O5S/c1-4-12-28(14-20(30)25-18-10-7-6-9-17(18)3)21(31)15-34-22(32)16-35-24-27-26-23(29(24)5-2)19-11-8-13-33-19/h6-11,13H,4-5,12,14-16H2,1-3H3,(H,25,30). The maximum Gasteiger partial charge on any atom is 0.316 e. The molecule has 0 aliphatic rings. The number of aryl methyl sites for hydroxylation is 1. The molecule has 3 rings (SSSR count). The zero-order chi connectivity index (χ0) is 25.2. The third-order valence-corrected chi connectivity index (χ3v) is 5.99. The molecule has 3 aromatic rings. The SMILES string of the molecule is CCCN(CC(=O)Nc1ccccc1C)C(=O)COC(=O)CSc1nnc(-c2ccco2)n1CC. The molecule has 0 aliphatic carbocycles. The zero-order valence-corrected chi connectivity index (χ0v) is 20.8. The van der Waals surface area contributed by atoms with Gasteiger partial charge in [0, 0.05) is 18.8 Å². The van der Waals surface area contributed by atoms with E-state index in [9.17, 15) is 14.4 Å². The monoisotopic (exact) mass is 499 g/mol. The second-order valence-corrected chi connectivity index (χ2v) is 8.60. The molecule has 2 aromatic heterocycles. The van der Waals surface area contributed by atoms with E-state index in [1.165, 1.54) is 16.7 Å². The average molecular weight is 500 g/mol. The third-order valence-electron chi connectivity index (χ3n) is 5.05. The van der Waals surface area contributed by atoms with Crippen LogP contribution in [0.1, 0.15) is 25.8 Å². The van der Waals surface area contributed by atoms with Gasteiger partial charge in [-0.2, -0.15) is 0 Å². The number of anilines is 1. The number of rotatable bonds is 12. The number of ether oxygens (including phenoxy) is 1. The van der Waals surface area contributed by atoms with E-state index < -0.39 is 18.5 Å². The number of para-hydroxylation sites is 1. The number of carbonyl (C=O) groups excluding carboxylic acids is 3. The molecular formula is C24H29N5O5S. The van der Waals surface area contributed by atoms with Crippen LogP contribution in [0, 0.1) is 6.92 Å². The molecule has 0 aliphatic heterocycles. The summed E-state index contributed by atoms with van der Waals surface area (Å²) in [4.78, 5) is 38.7. The normalized spacial score (nSPS) is 10.7. The van der Waals surface area contributed by atoms with Crippen molar-refractivity contribution >= 4 is 35.2 Å². The molecule has 186 valence electrons. The Labute approximate surface area is 208 Å². The number of furan rings is 1. The van der Waals surface area contributed by atoms with Gasteiger partial charge in [0.25, 0.3) is 5.91 Å². The fourth-order valence-corrected chi connectivity index (χ4v) is 4.11. The largest absolute Gasteiger partial charge is 0.461 e. The van der Waals surface area contributed by atoms with E-state index in [0.29, 0.717) is 41.9 Å². The minimum atomic E-state index is -0.561. The van der Waals surface area contributed by atoms with Crippen molar-refractivity contribution < 1.29 is 23.5 Å². The summed E-state index contributed by atoms with van der Waals surface area (Å²) in [6.45, 7) is 6.15. The molecule has 0 fully saturated rings. The molecule has 0 unspecified atom stereocenters. The van der Waals surface area contributed by atoms with E-state index in [0.717, 1.165) is 5.56 Å². The van der Waals surface area contributed by atoms with Crippen LogP contribution in [0.5, 0.6) is 0 Å². The van der Waals surface area contributed by atoms with Crippen LogP contribution in [0.2, 0.25) is 0 Å². The van der Waals surface area contributed by atoms with E-state index in [1.54, 1.807) is 24.5 Å². The maximum absolute atomic E-state index is 12.6. The van der Waals surface area contributed by atoms with Crippen molar-refractivity contribution in [1.29, 1.82) is 0 Å². The number of nitrogens with zero attached hydrogens (tertiary/aromatic N) is 4. The van der Waals surface area contributed by atoms with Gasteiger partial charge in [-0.05, 0) is 44.0 Å². The Morgan fingerprint density at radius 3 is 2.63 bits per heavy atom. The molecule has 10 nitrogen and oxygen atoms in total. The van der Waals surface area contributed by atoms with Crippen LogP contribution < -0.4 is 5.32 Å². The first-order chi connectivity index (χ1) is 16.9. The Kier molecular flexibility index (Phi) is 9.47. The average Bonchev–Trinajstić information content (AvgIpc) is 3.52. The second kappa shape index (κ2) is 12.7. The highest BCUT2D eigenvalue weighted by atomic mass is 32.2. The highest BCUT2D eigenvalue weighted by Crippen LogP contribution is 2.24. The number of thioether (sulfide) groups is 1. The molecule has 0 bridgehead atoms. The molecule has 11 heteroatoms. The van der Waals surface area contributed by atoms with Gasteiger partial charge in [0.2, 0.25) is 5.91 Å². The molecule has 0 atom stereocenters. The van der Waals surface area contributed by atoms with Gasteiger partial charge < -0.3 is 19.4 Å². The molecule has 35 heavy (non-hydrogen) atoms. The number of esters is 1. The van der Waals surface area contributed by atoms with Gasteiger partial charge in [0.15, 0.2) is 23.3 Å². The number of benzene rings is 1. The highest BCUT2D eigenvalue weighted by Gasteiger charge is 2.20. The van der Waals surface area contributed by atoms with E-state index in [1.807, 2.05) is 43.5 Å². The van der Waals surface area contributed by atoms with Gasteiger partial charge in [0.05, 0.1) is 18.6 Å².